The van der Waals surface area contributed by atoms with Gasteiger partial charge in [-0.3, -0.25) is 4.79 Å². The van der Waals surface area contributed by atoms with Crippen molar-refractivity contribution in [3.63, 3.8) is 0 Å². The van der Waals surface area contributed by atoms with Crippen LogP contribution in [0.15, 0.2) is 29.2 Å². The summed E-state index contributed by atoms with van der Waals surface area (Å²) in [6, 6.07) is 6.82. The van der Waals surface area contributed by atoms with Crippen LogP contribution in [0.25, 0.3) is 0 Å². The summed E-state index contributed by atoms with van der Waals surface area (Å²) < 4.78 is 25.2. The monoisotopic (exact) mass is 300 g/mol. The Morgan fingerprint density at radius 2 is 2.05 bits per heavy atom. The summed E-state index contributed by atoms with van der Waals surface area (Å²) in [5, 5.41) is 3.21. The molecule has 20 heavy (non-hydrogen) atoms. The molecule has 3 nitrogen and oxygen atoms in total. The zero-order chi connectivity index (χ0) is 14.7. The summed E-state index contributed by atoms with van der Waals surface area (Å²) in [6.45, 7) is 4.52. The van der Waals surface area contributed by atoms with E-state index in [0.717, 1.165) is 0 Å². The number of nitrogens with zero attached hydrogens (tertiary/aromatic N) is 1. The molecule has 1 atom stereocenters. The minimum atomic E-state index is -2.49. The van der Waals surface area contributed by atoms with E-state index in [-0.39, 0.29) is 18.0 Å². The highest BCUT2D eigenvalue weighted by Crippen LogP contribution is 2.35. The second-order valence-electron chi connectivity index (χ2n) is 5.00. The maximum Gasteiger partial charge on any atom is 0.288 e. The predicted octanol–water partition coefficient (Wildman–Crippen LogP) is 3.10. The van der Waals surface area contributed by atoms with Crippen LogP contribution < -0.4 is 10.2 Å². The Labute approximate surface area is 121 Å². The number of para-hydroxylation sites is 1. The Bertz CT molecular complexity index is 482. The Balaban J connectivity index is 2.18. The van der Waals surface area contributed by atoms with Crippen LogP contribution in [0.5, 0.6) is 0 Å². The van der Waals surface area contributed by atoms with E-state index in [2.05, 4.69) is 5.32 Å². The van der Waals surface area contributed by atoms with Crippen molar-refractivity contribution >= 4 is 23.4 Å². The van der Waals surface area contributed by atoms with Gasteiger partial charge in [-0.05, 0) is 18.6 Å². The smallest absolute Gasteiger partial charge is 0.288 e. The number of amides is 1. The van der Waals surface area contributed by atoms with Crippen LogP contribution >= 0.6 is 11.8 Å². The molecule has 1 aliphatic rings. The Morgan fingerprint density at radius 1 is 1.35 bits per heavy atom. The van der Waals surface area contributed by atoms with Gasteiger partial charge in [-0.2, -0.15) is 8.78 Å². The first kappa shape index (κ1) is 15.3. The van der Waals surface area contributed by atoms with Gasteiger partial charge in [0.2, 0.25) is 5.91 Å². The number of thioether (sulfide) groups is 1. The first-order chi connectivity index (χ1) is 9.49. The molecule has 0 spiro atoms. The molecular formula is C14H18F2N2OS. The summed E-state index contributed by atoms with van der Waals surface area (Å²) in [5.74, 6) is -2.53. The molecule has 6 heteroatoms. The van der Waals surface area contributed by atoms with Gasteiger partial charge in [0.15, 0.2) is 0 Å². The van der Waals surface area contributed by atoms with Crippen molar-refractivity contribution in [1.82, 2.24) is 5.32 Å². The van der Waals surface area contributed by atoms with Gasteiger partial charge in [0.1, 0.15) is 0 Å². The van der Waals surface area contributed by atoms with Crippen molar-refractivity contribution in [2.24, 2.45) is 0 Å². The zero-order valence-electron chi connectivity index (χ0n) is 11.5. The van der Waals surface area contributed by atoms with Crippen LogP contribution in [0.2, 0.25) is 0 Å². The zero-order valence-corrected chi connectivity index (χ0v) is 12.3. The first-order valence-electron chi connectivity index (χ1n) is 6.60. The van der Waals surface area contributed by atoms with Crippen molar-refractivity contribution in [1.29, 1.82) is 0 Å². The molecule has 110 valence electrons. The summed E-state index contributed by atoms with van der Waals surface area (Å²) in [5.41, 5.74) is 0.579. The number of hydrogen-bond donors (Lipinski definition) is 1. The third-order valence-corrected chi connectivity index (χ3v) is 3.89. The normalized spacial score (nSPS) is 19.4. The third-order valence-electron chi connectivity index (χ3n) is 3.11. The van der Waals surface area contributed by atoms with Gasteiger partial charge < -0.3 is 10.2 Å². The average molecular weight is 300 g/mol. The molecule has 0 aliphatic carbocycles. The van der Waals surface area contributed by atoms with Crippen molar-refractivity contribution in [3.05, 3.63) is 24.3 Å². The number of hydrogen-bond acceptors (Lipinski definition) is 3. The third kappa shape index (κ3) is 3.49. The molecule has 0 bridgehead atoms. The molecule has 0 saturated carbocycles. The van der Waals surface area contributed by atoms with Gasteiger partial charge in [-0.1, -0.05) is 37.7 Å². The van der Waals surface area contributed by atoms with Crippen LogP contribution in [-0.2, 0) is 4.79 Å². The summed E-state index contributed by atoms with van der Waals surface area (Å²) in [4.78, 5) is 14.4. The van der Waals surface area contributed by atoms with E-state index in [1.807, 2.05) is 13.8 Å². The number of carbonyl (C=O) groups is 1. The van der Waals surface area contributed by atoms with Crippen molar-refractivity contribution in [2.75, 3.05) is 11.4 Å². The fourth-order valence-corrected chi connectivity index (χ4v) is 3.00. The Morgan fingerprint density at radius 3 is 2.70 bits per heavy atom. The molecule has 1 N–H and O–H groups in total. The lowest BCUT2D eigenvalue weighted by Crippen LogP contribution is -2.41. The number of halogens is 2. The number of nitrogens with one attached hydrogen (secondary N) is 1. The molecular weight excluding hydrogens is 282 g/mol. The fraction of sp³-hybridized carbons (Fsp3) is 0.500. The maximum absolute atomic E-state index is 12.6. The van der Waals surface area contributed by atoms with Crippen molar-refractivity contribution in [2.45, 2.75) is 43.0 Å². The summed E-state index contributed by atoms with van der Waals surface area (Å²) >= 11 is 0.481. The van der Waals surface area contributed by atoms with Gasteiger partial charge in [0.05, 0.1) is 11.7 Å². The lowest BCUT2D eigenvalue weighted by Gasteiger charge is -2.21. The maximum atomic E-state index is 12.6. The van der Waals surface area contributed by atoms with Crippen LogP contribution in [-0.4, -0.2) is 30.3 Å². The molecule has 1 saturated heterocycles. The Kier molecular flexibility index (Phi) is 4.99. The summed E-state index contributed by atoms with van der Waals surface area (Å²) in [6.07, 6.45) is 0.699. The topological polar surface area (TPSA) is 32.3 Å². The van der Waals surface area contributed by atoms with Crippen LogP contribution in [0, 0.1) is 0 Å². The molecule has 0 aromatic heterocycles. The molecule has 1 aromatic carbocycles. The molecule has 1 fully saturated rings. The fourth-order valence-electron chi connectivity index (χ4n) is 2.35. The quantitative estimate of drug-likeness (QED) is 0.848. The molecule has 1 aliphatic heterocycles. The highest BCUT2D eigenvalue weighted by Gasteiger charge is 2.33. The van der Waals surface area contributed by atoms with E-state index in [0.29, 0.717) is 35.3 Å². The molecule has 0 radical (unpaired) electrons. The first-order valence-corrected chi connectivity index (χ1v) is 7.48. The van der Waals surface area contributed by atoms with Gasteiger partial charge in [-0.25, -0.2) is 0 Å². The largest absolute Gasteiger partial charge is 0.310 e. The van der Waals surface area contributed by atoms with E-state index in [1.54, 1.807) is 29.2 Å². The second-order valence-corrected chi connectivity index (χ2v) is 6.03. The van der Waals surface area contributed by atoms with E-state index < -0.39 is 5.76 Å². The summed E-state index contributed by atoms with van der Waals surface area (Å²) in [7, 11) is 0. The lowest BCUT2D eigenvalue weighted by atomic mass is 10.2. The number of alkyl halides is 2. The van der Waals surface area contributed by atoms with Crippen LogP contribution in [0.3, 0.4) is 0 Å². The van der Waals surface area contributed by atoms with Gasteiger partial charge in [0.25, 0.3) is 5.76 Å². The molecule has 1 amide bonds. The van der Waals surface area contributed by atoms with Crippen LogP contribution in [0.1, 0.15) is 20.3 Å². The lowest BCUT2D eigenvalue weighted by molar-refractivity contribution is -0.119. The van der Waals surface area contributed by atoms with Crippen molar-refractivity contribution in [3.8, 4) is 0 Å². The Hall–Kier alpha value is -1.14. The average Bonchev–Trinajstić information content (AvgIpc) is 2.70. The molecule has 1 aromatic rings. The highest BCUT2D eigenvalue weighted by molar-refractivity contribution is 7.99. The highest BCUT2D eigenvalue weighted by atomic mass is 32.2. The molecule has 1 unspecified atom stereocenters. The number of benzene rings is 1. The SMILES string of the molecule is CC(C)NC1CCN(c2ccccc2SC(F)F)C1=O. The minimum absolute atomic E-state index is 0.0407. The predicted molar refractivity (Wildman–Crippen MR) is 77.3 cm³/mol. The van der Waals surface area contributed by atoms with Gasteiger partial charge in [-0.15, -0.1) is 0 Å². The second kappa shape index (κ2) is 6.54. The van der Waals surface area contributed by atoms with E-state index in [1.165, 1.54) is 0 Å². The number of anilines is 1. The van der Waals surface area contributed by atoms with E-state index in [9.17, 15) is 13.6 Å². The standard InChI is InChI=1S/C14H18F2N2OS/c1-9(2)17-10-7-8-18(13(10)19)11-5-3-4-6-12(11)20-14(15)16/h3-6,9-10,14,17H,7-8H2,1-2H3. The van der Waals surface area contributed by atoms with Gasteiger partial charge in [0, 0.05) is 17.5 Å². The minimum Gasteiger partial charge on any atom is -0.310 e. The van der Waals surface area contributed by atoms with E-state index >= 15 is 0 Å². The molecule has 2 rings (SSSR count). The molecule has 1 heterocycles. The van der Waals surface area contributed by atoms with Crippen molar-refractivity contribution < 1.29 is 13.6 Å². The van der Waals surface area contributed by atoms with Crippen LogP contribution in [0.4, 0.5) is 14.5 Å². The number of rotatable bonds is 5. The van der Waals surface area contributed by atoms with Gasteiger partial charge >= 0.3 is 0 Å². The van der Waals surface area contributed by atoms with E-state index in [4.69, 9.17) is 0 Å². The number of carbonyl (C=O) groups excluding carboxylic acids is 1.